The fraction of sp³-hybridized carbons (Fsp3) is 0.588. The lowest BCUT2D eigenvalue weighted by Gasteiger charge is -2.33. The van der Waals surface area contributed by atoms with Crippen molar-refractivity contribution in [2.45, 2.75) is 32.9 Å². The average molecular weight is 332 g/mol. The van der Waals surface area contributed by atoms with Crippen molar-refractivity contribution in [3.63, 3.8) is 0 Å². The third kappa shape index (κ3) is 3.36. The summed E-state index contributed by atoms with van der Waals surface area (Å²) >= 11 is 0. The van der Waals surface area contributed by atoms with Gasteiger partial charge in [-0.2, -0.15) is 0 Å². The van der Waals surface area contributed by atoms with Gasteiger partial charge in [-0.05, 0) is 13.8 Å². The van der Waals surface area contributed by atoms with E-state index in [1.807, 2.05) is 32.2 Å². The second kappa shape index (κ2) is 7.17. The highest BCUT2D eigenvalue weighted by Crippen LogP contribution is 2.25. The third-order valence-electron chi connectivity index (χ3n) is 4.53. The van der Waals surface area contributed by atoms with E-state index in [4.69, 9.17) is 4.74 Å². The lowest BCUT2D eigenvalue weighted by atomic mass is 10.2. The maximum absolute atomic E-state index is 12.3. The molecule has 3 heterocycles. The molecule has 0 bridgehead atoms. The van der Waals surface area contributed by atoms with Crippen molar-refractivity contribution in [2.75, 3.05) is 32.8 Å². The van der Waals surface area contributed by atoms with Crippen LogP contribution in [0.3, 0.4) is 0 Å². The van der Waals surface area contributed by atoms with Crippen molar-refractivity contribution in [2.24, 2.45) is 0 Å². The lowest BCUT2D eigenvalue weighted by molar-refractivity contribution is -0.139. The summed E-state index contributed by atoms with van der Waals surface area (Å²) in [5, 5.41) is 0. The molecule has 2 amide bonds. The number of hydrogen-bond donors (Lipinski definition) is 0. The SMILES string of the molecule is CCOCC(=O)N1CCn2cc(CC(=O)N3CC=CC3)nc2C1C. The largest absolute Gasteiger partial charge is 0.372 e. The molecule has 7 heteroatoms. The number of hydrogen-bond acceptors (Lipinski definition) is 4. The number of ether oxygens (including phenoxy) is 1. The molecule has 130 valence electrons. The number of carbonyl (C=O) groups excluding carboxylic acids is 2. The fourth-order valence-electron chi connectivity index (χ4n) is 3.19. The van der Waals surface area contributed by atoms with Gasteiger partial charge in [0.25, 0.3) is 0 Å². The van der Waals surface area contributed by atoms with E-state index in [1.54, 1.807) is 9.80 Å². The molecule has 2 aliphatic rings. The molecule has 24 heavy (non-hydrogen) atoms. The van der Waals surface area contributed by atoms with Crippen molar-refractivity contribution in [3.05, 3.63) is 29.9 Å². The molecule has 1 aromatic heterocycles. The monoisotopic (exact) mass is 332 g/mol. The summed E-state index contributed by atoms with van der Waals surface area (Å²) in [6.07, 6.45) is 6.25. The minimum absolute atomic E-state index is 0.0145. The molecule has 0 spiro atoms. The van der Waals surface area contributed by atoms with Crippen LogP contribution < -0.4 is 0 Å². The summed E-state index contributed by atoms with van der Waals surface area (Å²) in [6.45, 7) is 7.18. The van der Waals surface area contributed by atoms with E-state index in [2.05, 4.69) is 9.55 Å². The summed E-state index contributed by atoms with van der Waals surface area (Å²) in [6, 6.07) is -0.107. The Labute approximate surface area is 141 Å². The normalized spacial score (nSPS) is 19.7. The molecule has 7 nitrogen and oxygen atoms in total. The first-order valence-electron chi connectivity index (χ1n) is 8.46. The van der Waals surface area contributed by atoms with E-state index in [0.29, 0.717) is 39.2 Å². The van der Waals surface area contributed by atoms with Gasteiger partial charge in [-0.25, -0.2) is 4.98 Å². The van der Waals surface area contributed by atoms with Gasteiger partial charge < -0.3 is 19.1 Å². The summed E-state index contributed by atoms with van der Waals surface area (Å²) in [5.74, 6) is 0.917. The first-order chi connectivity index (χ1) is 11.6. The molecule has 1 aromatic rings. The highest BCUT2D eigenvalue weighted by atomic mass is 16.5. The molecule has 0 aromatic carbocycles. The van der Waals surface area contributed by atoms with Crippen LogP contribution in [-0.4, -0.2) is 64.0 Å². The zero-order chi connectivity index (χ0) is 17.1. The van der Waals surface area contributed by atoms with Crippen LogP contribution in [0.1, 0.15) is 31.4 Å². The number of fused-ring (bicyclic) bond motifs is 1. The van der Waals surface area contributed by atoms with Gasteiger partial charge in [-0.3, -0.25) is 9.59 Å². The number of nitrogens with zero attached hydrogens (tertiary/aromatic N) is 4. The highest BCUT2D eigenvalue weighted by Gasteiger charge is 2.30. The molecule has 0 N–H and O–H groups in total. The minimum Gasteiger partial charge on any atom is -0.372 e. The molecule has 3 rings (SSSR count). The Bertz CT molecular complexity index is 644. The molecule has 0 radical (unpaired) electrons. The van der Waals surface area contributed by atoms with Gasteiger partial charge in [-0.15, -0.1) is 0 Å². The van der Waals surface area contributed by atoms with Crippen molar-refractivity contribution < 1.29 is 14.3 Å². The van der Waals surface area contributed by atoms with Crippen LogP contribution in [0.4, 0.5) is 0 Å². The molecule has 1 atom stereocenters. The Kier molecular flexibility index (Phi) is 4.99. The Morgan fingerprint density at radius 1 is 1.25 bits per heavy atom. The molecule has 0 aliphatic carbocycles. The van der Waals surface area contributed by atoms with Crippen molar-refractivity contribution in [3.8, 4) is 0 Å². The zero-order valence-electron chi connectivity index (χ0n) is 14.3. The van der Waals surface area contributed by atoms with Gasteiger partial charge in [0.2, 0.25) is 11.8 Å². The van der Waals surface area contributed by atoms with Crippen molar-refractivity contribution in [1.82, 2.24) is 19.4 Å². The lowest BCUT2D eigenvalue weighted by Crippen LogP contribution is -2.42. The maximum Gasteiger partial charge on any atom is 0.249 e. The number of imidazole rings is 1. The van der Waals surface area contributed by atoms with Crippen LogP contribution in [0.15, 0.2) is 18.3 Å². The molecule has 1 unspecified atom stereocenters. The van der Waals surface area contributed by atoms with E-state index in [1.165, 1.54) is 0 Å². The van der Waals surface area contributed by atoms with Crippen LogP contribution in [0.5, 0.6) is 0 Å². The summed E-state index contributed by atoms with van der Waals surface area (Å²) in [5.41, 5.74) is 0.771. The number of aromatic nitrogens is 2. The Hall–Kier alpha value is -2.15. The molecule has 0 fully saturated rings. The van der Waals surface area contributed by atoms with Gasteiger partial charge >= 0.3 is 0 Å². The molecule has 2 aliphatic heterocycles. The quantitative estimate of drug-likeness (QED) is 0.747. The third-order valence-corrected chi connectivity index (χ3v) is 4.53. The van der Waals surface area contributed by atoms with Crippen molar-refractivity contribution >= 4 is 11.8 Å². The van der Waals surface area contributed by atoms with Gasteiger partial charge in [0.15, 0.2) is 0 Å². The van der Waals surface area contributed by atoms with Crippen LogP contribution in [0.2, 0.25) is 0 Å². The number of amides is 2. The second-order valence-corrected chi connectivity index (χ2v) is 6.13. The predicted octanol–water partition coefficient (Wildman–Crippen LogP) is 0.764. The fourth-order valence-corrected chi connectivity index (χ4v) is 3.19. The summed E-state index contributed by atoms with van der Waals surface area (Å²) in [7, 11) is 0. The van der Waals surface area contributed by atoms with E-state index in [-0.39, 0.29) is 24.5 Å². The predicted molar refractivity (Wildman–Crippen MR) is 88.3 cm³/mol. The summed E-state index contributed by atoms with van der Waals surface area (Å²) < 4.78 is 7.28. The highest BCUT2D eigenvalue weighted by molar-refractivity contribution is 5.79. The topological polar surface area (TPSA) is 67.7 Å². The average Bonchev–Trinajstić information content (AvgIpc) is 3.22. The number of carbonyl (C=O) groups is 2. The van der Waals surface area contributed by atoms with Gasteiger partial charge in [-0.1, -0.05) is 12.2 Å². The maximum atomic E-state index is 12.3. The Morgan fingerprint density at radius 3 is 2.71 bits per heavy atom. The molecular formula is C17H24N4O3. The van der Waals surface area contributed by atoms with Gasteiger partial charge in [0.1, 0.15) is 12.4 Å². The standard InChI is InChI=1S/C17H24N4O3/c1-3-24-12-16(23)21-9-8-20-11-14(18-17(20)13(21)2)10-15(22)19-6-4-5-7-19/h4-5,11,13H,3,6-10,12H2,1-2H3. The van der Waals surface area contributed by atoms with Gasteiger partial charge in [0.05, 0.1) is 18.2 Å². The van der Waals surface area contributed by atoms with E-state index < -0.39 is 0 Å². The number of rotatable bonds is 5. The van der Waals surface area contributed by atoms with E-state index in [0.717, 1.165) is 11.5 Å². The smallest absolute Gasteiger partial charge is 0.249 e. The first kappa shape index (κ1) is 16.7. The van der Waals surface area contributed by atoms with E-state index in [9.17, 15) is 9.59 Å². The minimum atomic E-state index is -0.107. The first-order valence-corrected chi connectivity index (χ1v) is 8.46. The zero-order valence-corrected chi connectivity index (χ0v) is 14.3. The summed E-state index contributed by atoms with van der Waals surface area (Å²) in [4.78, 5) is 32.7. The molecule has 0 saturated heterocycles. The van der Waals surface area contributed by atoms with Crippen LogP contribution >= 0.6 is 0 Å². The van der Waals surface area contributed by atoms with Gasteiger partial charge in [0, 0.05) is 39.0 Å². The van der Waals surface area contributed by atoms with Crippen LogP contribution in [-0.2, 0) is 27.3 Å². The Morgan fingerprint density at radius 2 is 2.00 bits per heavy atom. The molecule has 0 saturated carbocycles. The van der Waals surface area contributed by atoms with Crippen LogP contribution in [0, 0.1) is 0 Å². The Balaban J connectivity index is 1.67. The van der Waals surface area contributed by atoms with Crippen molar-refractivity contribution in [1.29, 1.82) is 0 Å². The van der Waals surface area contributed by atoms with Crippen LogP contribution in [0.25, 0.3) is 0 Å². The molecular weight excluding hydrogens is 308 g/mol. The second-order valence-electron chi connectivity index (χ2n) is 6.13. The van der Waals surface area contributed by atoms with E-state index >= 15 is 0 Å².